The predicted molar refractivity (Wildman–Crippen MR) is 127 cm³/mol. The maximum atomic E-state index is 13.3. The van der Waals surface area contributed by atoms with Crippen LogP contribution in [-0.2, 0) is 29.5 Å². The van der Waals surface area contributed by atoms with E-state index in [-0.39, 0.29) is 30.5 Å². The van der Waals surface area contributed by atoms with Crippen LogP contribution in [-0.4, -0.2) is 63.7 Å². The number of likely N-dealkylation sites (tertiary alicyclic amines) is 1. The van der Waals surface area contributed by atoms with E-state index in [1.807, 2.05) is 56.4 Å². The van der Waals surface area contributed by atoms with Crippen molar-refractivity contribution in [1.82, 2.24) is 19.6 Å². The molecule has 7 heteroatoms. The number of piperidine rings is 1. The van der Waals surface area contributed by atoms with Gasteiger partial charge in [0.05, 0.1) is 17.8 Å². The van der Waals surface area contributed by atoms with Crippen LogP contribution in [0.25, 0.3) is 0 Å². The number of para-hydroxylation sites is 1. The van der Waals surface area contributed by atoms with E-state index >= 15 is 0 Å². The van der Waals surface area contributed by atoms with Gasteiger partial charge in [-0.05, 0) is 56.2 Å². The second-order valence-electron chi connectivity index (χ2n) is 9.09. The molecule has 2 atom stereocenters. The Balaban J connectivity index is 1.52. The summed E-state index contributed by atoms with van der Waals surface area (Å²) < 4.78 is 7.68. The molecule has 3 heterocycles. The van der Waals surface area contributed by atoms with E-state index in [0.717, 1.165) is 54.8 Å². The molecule has 1 fully saturated rings. The Morgan fingerprint density at radius 2 is 2.00 bits per heavy atom. The van der Waals surface area contributed by atoms with Crippen molar-refractivity contribution in [1.29, 1.82) is 0 Å². The highest BCUT2D eigenvalue weighted by Gasteiger charge is 2.37. The molecule has 0 unspecified atom stereocenters. The minimum Gasteiger partial charge on any atom is -0.483 e. The Hall–Kier alpha value is -3.09. The molecule has 0 bridgehead atoms. The number of aryl methyl sites for hydroxylation is 3. The van der Waals surface area contributed by atoms with E-state index in [9.17, 15) is 9.59 Å². The van der Waals surface area contributed by atoms with Crippen LogP contribution < -0.4 is 4.74 Å². The van der Waals surface area contributed by atoms with Crippen molar-refractivity contribution in [2.45, 2.75) is 57.5 Å². The molecule has 7 nitrogen and oxygen atoms in total. The monoisotopic (exact) mass is 450 g/mol. The molecule has 2 amide bonds. The second kappa shape index (κ2) is 10.2. The number of allylic oxidation sites excluding steroid dienone is 1. The average molecular weight is 451 g/mol. The summed E-state index contributed by atoms with van der Waals surface area (Å²) in [4.78, 5) is 30.1. The van der Waals surface area contributed by atoms with E-state index in [2.05, 4.69) is 17.3 Å². The van der Waals surface area contributed by atoms with Crippen molar-refractivity contribution in [3.63, 3.8) is 0 Å². The number of aromatic nitrogens is 2. The Morgan fingerprint density at radius 3 is 2.79 bits per heavy atom. The normalized spacial score (nSPS) is 22.5. The number of hydrogen-bond acceptors (Lipinski definition) is 4. The van der Waals surface area contributed by atoms with Gasteiger partial charge in [0.1, 0.15) is 5.75 Å². The summed E-state index contributed by atoms with van der Waals surface area (Å²) in [5.41, 5.74) is 3.15. The smallest absolute Gasteiger partial charge is 0.260 e. The molecular formula is C26H34N4O3. The zero-order chi connectivity index (χ0) is 23.4. The lowest BCUT2D eigenvalue weighted by Gasteiger charge is -2.45. The van der Waals surface area contributed by atoms with E-state index in [1.165, 1.54) is 0 Å². The summed E-state index contributed by atoms with van der Waals surface area (Å²) in [6.07, 6.45) is 10.7. The van der Waals surface area contributed by atoms with Crippen LogP contribution in [0.2, 0.25) is 0 Å². The molecule has 1 saturated heterocycles. The van der Waals surface area contributed by atoms with Crippen molar-refractivity contribution >= 4 is 11.8 Å². The zero-order valence-electron chi connectivity index (χ0n) is 19.9. The molecule has 2 aromatic rings. The van der Waals surface area contributed by atoms with Gasteiger partial charge in [0.2, 0.25) is 5.91 Å². The number of carbonyl (C=O) groups is 2. The number of benzene rings is 1. The Kier molecular flexibility index (Phi) is 7.16. The first-order chi connectivity index (χ1) is 15.9. The van der Waals surface area contributed by atoms with E-state index in [1.54, 1.807) is 9.58 Å². The van der Waals surface area contributed by atoms with E-state index in [0.29, 0.717) is 12.8 Å². The first kappa shape index (κ1) is 23.1. The average Bonchev–Trinajstić information content (AvgIpc) is 3.14. The quantitative estimate of drug-likeness (QED) is 0.674. The fraction of sp³-hybridized carbons (Fsp3) is 0.500. The fourth-order valence-electron chi connectivity index (χ4n) is 5.05. The van der Waals surface area contributed by atoms with Crippen LogP contribution in [0.3, 0.4) is 0 Å². The number of fused-ring (bicyclic) bond motifs is 2. The lowest BCUT2D eigenvalue weighted by molar-refractivity contribution is -0.143. The highest BCUT2D eigenvalue weighted by molar-refractivity contribution is 5.79. The summed E-state index contributed by atoms with van der Waals surface area (Å²) in [6, 6.07) is 7.81. The molecule has 4 rings (SSSR count). The highest BCUT2D eigenvalue weighted by Crippen LogP contribution is 2.27. The summed E-state index contributed by atoms with van der Waals surface area (Å²) >= 11 is 0. The van der Waals surface area contributed by atoms with Crippen LogP contribution in [0, 0.1) is 6.92 Å². The maximum Gasteiger partial charge on any atom is 0.260 e. The minimum absolute atomic E-state index is 0.00861. The molecule has 0 N–H and O–H groups in total. The number of ether oxygens (including phenoxy) is 1. The summed E-state index contributed by atoms with van der Waals surface area (Å²) in [7, 11) is 3.75. The van der Waals surface area contributed by atoms with Gasteiger partial charge in [-0.15, -0.1) is 0 Å². The van der Waals surface area contributed by atoms with Gasteiger partial charge in [0, 0.05) is 33.3 Å². The van der Waals surface area contributed by atoms with Crippen molar-refractivity contribution in [2.75, 3.05) is 20.2 Å². The van der Waals surface area contributed by atoms with Crippen LogP contribution in [0.1, 0.15) is 42.5 Å². The van der Waals surface area contributed by atoms with Crippen LogP contribution in [0.4, 0.5) is 0 Å². The number of nitrogens with zero attached hydrogens (tertiary/aromatic N) is 4. The summed E-state index contributed by atoms with van der Waals surface area (Å²) in [6.45, 7) is 2.73. The number of rotatable bonds is 3. The Labute approximate surface area is 196 Å². The SMILES string of the molecule is Cc1nn(C)cc1CCC(=O)N1CCC[C@@H]2[C@H]1C/C=C/Cc1ccccc1OCC(=O)N2C. The molecule has 33 heavy (non-hydrogen) atoms. The van der Waals surface area contributed by atoms with Gasteiger partial charge < -0.3 is 14.5 Å². The van der Waals surface area contributed by atoms with Gasteiger partial charge in [0.25, 0.3) is 5.91 Å². The molecule has 176 valence electrons. The molecule has 2 aliphatic rings. The van der Waals surface area contributed by atoms with Crippen molar-refractivity contribution in [2.24, 2.45) is 7.05 Å². The van der Waals surface area contributed by atoms with Crippen molar-refractivity contribution in [3.8, 4) is 5.75 Å². The third-order valence-corrected chi connectivity index (χ3v) is 6.88. The van der Waals surface area contributed by atoms with Crippen molar-refractivity contribution < 1.29 is 14.3 Å². The third kappa shape index (κ3) is 5.29. The molecule has 0 aliphatic carbocycles. The van der Waals surface area contributed by atoms with Crippen LogP contribution >= 0.6 is 0 Å². The first-order valence-corrected chi connectivity index (χ1v) is 11.8. The lowest BCUT2D eigenvalue weighted by Crippen LogP contribution is -2.57. The number of carbonyl (C=O) groups excluding carboxylic acids is 2. The Bertz CT molecular complexity index is 1030. The van der Waals surface area contributed by atoms with Gasteiger partial charge >= 0.3 is 0 Å². The van der Waals surface area contributed by atoms with Crippen molar-refractivity contribution in [3.05, 3.63) is 59.4 Å². The second-order valence-corrected chi connectivity index (χ2v) is 9.09. The summed E-state index contributed by atoms with van der Waals surface area (Å²) in [5.74, 6) is 0.854. The van der Waals surface area contributed by atoms with Gasteiger partial charge in [-0.1, -0.05) is 30.4 Å². The zero-order valence-corrected chi connectivity index (χ0v) is 19.9. The number of amides is 2. The molecule has 2 aliphatic heterocycles. The fourth-order valence-corrected chi connectivity index (χ4v) is 5.05. The first-order valence-electron chi connectivity index (χ1n) is 11.8. The van der Waals surface area contributed by atoms with Gasteiger partial charge in [0.15, 0.2) is 6.61 Å². The molecule has 0 spiro atoms. The summed E-state index contributed by atoms with van der Waals surface area (Å²) in [5, 5.41) is 4.39. The Morgan fingerprint density at radius 1 is 1.18 bits per heavy atom. The molecule has 0 saturated carbocycles. The minimum atomic E-state index is -0.0513. The van der Waals surface area contributed by atoms with Gasteiger partial charge in [-0.2, -0.15) is 5.10 Å². The maximum absolute atomic E-state index is 13.3. The highest BCUT2D eigenvalue weighted by atomic mass is 16.5. The molecule has 1 aromatic carbocycles. The van der Waals surface area contributed by atoms with Crippen LogP contribution in [0.5, 0.6) is 5.75 Å². The molecule has 1 aromatic heterocycles. The predicted octanol–water partition coefficient (Wildman–Crippen LogP) is 3.06. The number of hydrogen-bond donors (Lipinski definition) is 0. The number of likely N-dealkylation sites (N-methyl/N-ethyl adjacent to an activating group) is 1. The largest absolute Gasteiger partial charge is 0.483 e. The van der Waals surface area contributed by atoms with Gasteiger partial charge in [-0.3, -0.25) is 14.3 Å². The van der Waals surface area contributed by atoms with E-state index < -0.39 is 0 Å². The molecular weight excluding hydrogens is 416 g/mol. The molecule has 0 radical (unpaired) electrons. The van der Waals surface area contributed by atoms with Crippen LogP contribution in [0.15, 0.2) is 42.6 Å². The third-order valence-electron chi connectivity index (χ3n) is 6.88. The van der Waals surface area contributed by atoms with E-state index in [4.69, 9.17) is 4.74 Å². The lowest BCUT2D eigenvalue weighted by atomic mass is 9.91. The van der Waals surface area contributed by atoms with Gasteiger partial charge in [-0.25, -0.2) is 0 Å². The topological polar surface area (TPSA) is 67.7 Å². The standard InChI is InChI=1S/C26H34N4O3/c1-19-21(17-28(2)27-19)14-15-25(31)30-16-8-12-22-23(30)11-6-4-9-20-10-5-7-13-24(20)33-18-26(32)29(22)3/h4-7,10,13,17,22-23H,8-9,11-12,14-16,18H2,1-3H3/b6-4+/t22-,23-/m1/s1.